The summed E-state index contributed by atoms with van der Waals surface area (Å²) in [6.45, 7) is 1.85. The van der Waals surface area contributed by atoms with Crippen LogP contribution in [0.4, 0.5) is 11.6 Å². The average molecular weight is 440 g/mol. The van der Waals surface area contributed by atoms with Crippen LogP contribution < -0.4 is 20.7 Å². The van der Waals surface area contributed by atoms with Gasteiger partial charge in [-0.25, -0.2) is 9.97 Å². The van der Waals surface area contributed by atoms with Crippen LogP contribution in [0.1, 0.15) is 22.3 Å². The van der Waals surface area contributed by atoms with Gasteiger partial charge in [-0.1, -0.05) is 0 Å². The molecule has 1 aliphatic heterocycles. The molecule has 1 atom stereocenters. The number of fused-ring (bicyclic) bond motifs is 1. The number of nitrogens with one attached hydrogen (secondary N) is 4. The Kier molecular flexibility index (Phi) is 5.53. The van der Waals surface area contributed by atoms with Gasteiger partial charge in [0.1, 0.15) is 22.7 Å². The standard InChI is InChI=1S/C23H20N8O2/c24-12-14-5-9-26-19(11-14)29-23(32)15-1-3-17(4-2-15)33-18-7-10-27-21-20(18)22(31-30-21)28-16-6-8-25-13-16/h1-5,7,9-11,16,25H,6,8,13H2,(H,26,29,32)(H2,27,28,30,31). The Labute approximate surface area is 189 Å². The lowest BCUT2D eigenvalue weighted by atomic mass is 10.2. The van der Waals surface area contributed by atoms with Crippen molar-refractivity contribution in [3.05, 3.63) is 66.0 Å². The van der Waals surface area contributed by atoms with Crippen LogP contribution >= 0.6 is 0 Å². The molecule has 0 spiro atoms. The molecule has 3 aromatic heterocycles. The van der Waals surface area contributed by atoms with E-state index >= 15 is 0 Å². The number of rotatable bonds is 6. The number of H-pyrrole nitrogens is 1. The third kappa shape index (κ3) is 4.44. The lowest BCUT2D eigenvalue weighted by Crippen LogP contribution is -2.22. The molecule has 0 bridgehead atoms. The summed E-state index contributed by atoms with van der Waals surface area (Å²) in [5.41, 5.74) is 1.49. The predicted molar refractivity (Wildman–Crippen MR) is 122 cm³/mol. The van der Waals surface area contributed by atoms with Gasteiger partial charge < -0.3 is 20.7 Å². The van der Waals surface area contributed by atoms with E-state index in [4.69, 9.17) is 10.00 Å². The number of aromatic nitrogens is 4. The minimum Gasteiger partial charge on any atom is -0.456 e. The molecule has 1 fully saturated rings. The third-order valence-electron chi connectivity index (χ3n) is 5.30. The van der Waals surface area contributed by atoms with E-state index in [1.54, 1.807) is 42.6 Å². The van der Waals surface area contributed by atoms with Crippen molar-refractivity contribution in [3.8, 4) is 17.6 Å². The van der Waals surface area contributed by atoms with Crippen molar-refractivity contribution < 1.29 is 9.53 Å². The molecule has 4 heterocycles. The van der Waals surface area contributed by atoms with Gasteiger partial charge in [-0.05, 0) is 49.4 Å². The molecule has 5 rings (SSSR count). The Bertz CT molecular complexity index is 1340. The first kappa shape index (κ1) is 20.4. The molecule has 4 aromatic rings. The third-order valence-corrected chi connectivity index (χ3v) is 5.30. The number of hydrogen-bond donors (Lipinski definition) is 4. The number of aromatic amines is 1. The summed E-state index contributed by atoms with van der Waals surface area (Å²) in [5, 5.41) is 26.5. The molecule has 1 aromatic carbocycles. The van der Waals surface area contributed by atoms with E-state index in [1.807, 2.05) is 6.07 Å². The zero-order chi connectivity index (χ0) is 22.6. The smallest absolute Gasteiger partial charge is 0.256 e. The number of hydrogen-bond acceptors (Lipinski definition) is 8. The average Bonchev–Trinajstić information content (AvgIpc) is 3.51. The predicted octanol–water partition coefficient (Wildman–Crippen LogP) is 3.04. The van der Waals surface area contributed by atoms with Gasteiger partial charge in [0.15, 0.2) is 11.5 Å². The van der Waals surface area contributed by atoms with E-state index in [-0.39, 0.29) is 5.91 Å². The van der Waals surface area contributed by atoms with Crippen LogP contribution in [0.3, 0.4) is 0 Å². The first-order valence-electron chi connectivity index (χ1n) is 10.5. The molecule has 0 aliphatic carbocycles. The first-order valence-corrected chi connectivity index (χ1v) is 10.5. The maximum atomic E-state index is 12.5. The maximum absolute atomic E-state index is 12.5. The van der Waals surface area contributed by atoms with Crippen molar-refractivity contribution in [1.82, 2.24) is 25.5 Å². The molecular formula is C23H20N8O2. The molecule has 1 amide bonds. The lowest BCUT2D eigenvalue weighted by Gasteiger charge is -2.12. The molecule has 10 nitrogen and oxygen atoms in total. The zero-order valence-corrected chi connectivity index (χ0v) is 17.5. The summed E-state index contributed by atoms with van der Waals surface area (Å²) >= 11 is 0. The number of nitriles is 1. The minimum atomic E-state index is -0.332. The number of benzene rings is 1. The summed E-state index contributed by atoms with van der Waals surface area (Å²) in [6.07, 6.45) is 4.15. The molecular weight excluding hydrogens is 420 g/mol. The number of nitrogens with zero attached hydrogens (tertiary/aromatic N) is 4. The van der Waals surface area contributed by atoms with Crippen LogP contribution in [0.25, 0.3) is 11.0 Å². The highest BCUT2D eigenvalue weighted by atomic mass is 16.5. The number of carbonyl (C=O) groups is 1. The second-order valence-corrected chi connectivity index (χ2v) is 7.56. The number of pyridine rings is 2. The fourth-order valence-corrected chi connectivity index (χ4v) is 3.64. The van der Waals surface area contributed by atoms with Gasteiger partial charge in [-0.3, -0.25) is 9.89 Å². The fraction of sp³-hybridized carbons (Fsp3) is 0.174. The largest absolute Gasteiger partial charge is 0.456 e. The molecule has 1 unspecified atom stereocenters. The Morgan fingerprint density at radius 3 is 2.79 bits per heavy atom. The van der Waals surface area contributed by atoms with Crippen LogP contribution in [0.15, 0.2) is 54.9 Å². The fourth-order valence-electron chi connectivity index (χ4n) is 3.64. The van der Waals surface area contributed by atoms with Gasteiger partial charge in [0, 0.05) is 36.6 Å². The van der Waals surface area contributed by atoms with E-state index < -0.39 is 0 Å². The van der Waals surface area contributed by atoms with Gasteiger partial charge >= 0.3 is 0 Å². The molecule has 0 saturated carbocycles. The van der Waals surface area contributed by atoms with Crippen molar-refractivity contribution >= 4 is 28.6 Å². The van der Waals surface area contributed by atoms with Crippen molar-refractivity contribution in [3.63, 3.8) is 0 Å². The number of anilines is 2. The van der Waals surface area contributed by atoms with Gasteiger partial charge in [-0.15, -0.1) is 0 Å². The van der Waals surface area contributed by atoms with Gasteiger partial charge in [0.2, 0.25) is 0 Å². The lowest BCUT2D eigenvalue weighted by molar-refractivity contribution is 0.102. The maximum Gasteiger partial charge on any atom is 0.256 e. The molecule has 164 valence electrons. The zero-order valence-electron chi connectivity index (χ0n) is 17.5. The highest BCUT2D eigenvalue weighted by molar-refractivity contribution is 6.03. The Hall–Kier alpha value is -4.49. The first-order chi connectivity index (χ1) is 16.2. The molecule has 1 aliphatic rings. The van der Waals surface area contributed by atoms with E-state index in [9.17, 15) is 4.79 Å². The Balaban J connectivity index is 1.32. The molecule has 1 saturated heterocycles. The minimum absolute atomic E-state index is 0.297. The summed E-state index contributed by atoms with van der Waals surface area (Å²) in [7, 11) is 0. The summed E-state index contributed by atoms with van der Waals surface area (Å²) in [4.78, 5) is 20.9. The second kappa shape index (κ2) is 8.94. The summed E-state index contributed by atoms with van der Waals surface area (Å²) in [6, 6.07) is 13.9. The Morgan fingerprint density at radius 2 is 2.00 bits per heavy atom. The van der Waals surface area contributed by atoms with Gasteiger partial charge in [0.25, 0.3) is 5.91 Å². The van der Waals surface area contributed by atoms with E-state index in [2.05, 4.69) is 36.1 Å². The monoisotopic (exact) mass is 440 g/mol. The molecule has 10 heteroatoms. The van der Waals surface area contributed by atoms with Crippen molar-refractivity contribution in [2.45, 2.75) is 12.5 Å². The van der Waals surface area contributed by atoms with Gasteiger partial charge in [0.05, 0.1) is 11.6 Å². The van der Waals surface area contributed by atoms with Crippen LogP contribution in [0.2, 0.25) is 0 Å². The molecule has 4 N–H and O–H groups in total. The van der Waals surface area contributed by atoms with E-state index in [0.717, 1.165) is 24.9 Å². The quantitative estimate of drug-likeness (QED) is 0.359. The highest BCUT2D eigenvalue weighted by Gasteiger charge is 2.19. The summed E-state index contributed by atoms with van der Waals surface area (Å²) < 4.78 is 6.10. The number of amides is 1. The SMILES string of the molecule is N#Cc1ccnc(NC(=O)c2ccc(Oc3ccnc4[nH]nc(NC5CCNC5)c34)cc2)c1. The molecule has 33 heavy (non-hydrogen) atoms. The normalized spacial score (nSPS) is 15.2. The van der Waals surface area contributed by atoms with E-state index in [1.165, 1.54) is 12.3 Å². The molecule has 0 radical (unpaired) electrons. The van der Waals surface area contributed by atoms with Crippen LogP contribution in [-0.2, 0) is 0 Å². The Morgan fingerprint density at radius 1 is 1.15 bits per heavy atom. The second-order valence-electron chi connectivity index (χ2n) is 7.56. The van der Waals surface area contributed by atoms with Crippen molar-refractivity contribution in [2.75, 3.05) is 23.7 Å². The summed E-state index contributed by atoms with van der Waals surface area (Å²) in [5.74, 6) is 1.86. The number of ether oxygens (including phenoxy) is 1. The van der Waals surface area contributed by atoms with Crippen LogP contribution in [-0.4, -0.2) is 45.2 Å². The van der Waals surface area contributed by atoms with Crippen molar-refractivity contribution in [1.29, 1.82) is 5.26 Å². The van der Waals surface area contributed by atoms with Crippen LogP contribution in [0.5, 0.6) is 11.5 Å². The topological polar surface area (TPSA) is 141 Å². The highest BCUT2D eigenvalue weighted by Crippen LogP contribution is 2.33. The number of carbonyl (C=O) groups excluding carboxylic acids is 1. The van der Waals surface area contributed by atoms with E-state index in [0.29, 0.717) is 46.0 Å². The van der Waals surface area contributed by atoms with Crippen molar-refractivity contribution in [2.24, 2.45) is 0 Å². The van der Waals surface area contributed by atoms with Crippen LogP contribution in [0, 0.1) is 11.3 Å². The van der Waals surface area contributed by atoms with Gasteiger partial charge in [-0.2, -0.15) is 10.4 Å².